The predicted octanol–water partition coefficient (Wildman–Crippen LogP) is 5.90. The quantitative estimate of drug-likeness (QED) is 0.115. The fourth-order valence-electron chi connectivity index (χ4n) is 11.7. The first-order valence-corrected chi connectivity index (χ1v) is 20.7. The minimum Gasteiger partial charge on any atom is -0.382 e. The van der Waals surface area contributed by atoms with Crippen LogP contribution in [0.3, 0.4) is 0 Å². The van der Waals surface area contributed by atoms with E-state index in [1.165, 1.54) is 31.9 Å². The number of H-pyrrole nitrogens is 1. The molecule has 2 atom stereocenters. The van der Waals surface area contributed by atoms with E-state index in [1.807, 2.05) is 57.3 Å². The van der Waals surface area contributed by atoms with E-state index < -0.39 is 0 Å². The molecule has 0 bridgehead atoms. The van der Waals surface area contributed by atoms with Crippen LogP contribution in [0.2, 0.25) is 0 Å². The number of nitrogens with one attached hydrogen (secondary N) is 5. The molecule has 11 heteroatoms. The summed E-state index contributed by atoms with van der Waals surface area (Å²) in [7, 11) is 0. The molecule has 8 rings (SSSR count). The number of pyridine rings is 2. The van der Waals surface area contributed by atoms with Crippen molar-refractivity contribution in [2.45, 2.75) is 91.6 Å². The highest BCUT2D eigenvalue weighted by Crippen LogP contribution is 2.93. The van der Waals surface area contributed by atoms with E-state index in [9.17, 15) is 14.4 Å². The Kier molecular flexibility index (Phi) is 10.1. The highest BCUT2D eigenvalue weighted by Gasteiger charge is 2.86. The lowest BCUT2D eigenvalue weighted by Crippen LogP contribution is -2.85. The van der Waals surface area contributed by atoms with Gasteiger partial charge in [0.25, 0.3) is 11.5 Å². The largest absolute Gasteiger partial charge is 0.382 e. The Balaban J connectivity index is 0.859. The van der Waals surface area contributed by atoms with Gasteiger partial charge >= 0.3 is 0 Å². The van der Waals surface area contributed by atoms with Gasteiger partial charge < -0.3 is 31.2 Å². The Hall–Kier alpha value is -4.51. The molecule has 5 fully saturated rings. The molecule has 5 aliphatic rings. The number of hydrogen-bond acceptors (Lipinski definition) is 8. The second kappa shape index (κ2) is 14.9. The molecule has 2 amide bonds. The summed E-state index contributed by atoms with van der Waals surface area (Å²) in [4.78, 5) is 51.8. The molecule has 3 aromatic rings. The SMILES string of the molecule is CCCc1cc(C)[nH]c(=O)c1CNC(=O)c1cc(-c2ccc(N3CCN(CCNC(=O)CCC45CC6CC7CC(C4)C765)CC3)nc2)cc(NC(C)C)c1C=N. The average Bonchev–Trinajstić information content (AvgIpc) is 3.13. The van der Waals surface area contributed by atoms with E-state index in [2.05, 4.69) is 37.7 Å². The maximum atomic E-state index is 13.8. The van der Waals surface area contributed by atoms with Gasteiger partial charge in [-0.15, -0.1) is 0 Å². The Morgan fingerprint density at radius 3 is 2.44 bits per heavy atom. The van der Waals surface area contributed by atoms with Crippen LogP contribution in [0.25, 0.3) is 11.1 Å². The van der Waals surface area contributed by atoms with Crippen molar-refractivity contribution in [3.63, 3.8) is 0 Å². The maximum Gasteiger partial charge on any atom is 0.253 e. The number of carbonyl (C=O) groups excluding carboxylic acids is 2. The minimum absolute atomic E-state index is 0.0788. The van der Waals surface area contributed by atoms with Crippen molar-refractivity contribution in [1.82, 2.24) is 25.5 Å². The van der Waals surface area contributed by atoms with Gasteiger partial charge in [-0.25, -0.2) is 4.98 Å². The normalized spacial score (nSPS) is 26.1. The first kappa shape index (κ1) is 37.4. The first-order valence-electron chi connectivity index (χ1n) is 20.7. The molecule has 292 valence electrons. The molecular formula is C44H58N8O3. The second-order valence-electron chi connectivity index (χ2n) is 17.4. The summed E-state index contributed by atoms with van der Waals surface area (Å²) < 4.78 is 0. The number of aryl methyl sites for hydroxylation is 2. The monoisotopic (exact) mass is 746 g/mol. The van der Waals surface area contributed by atoms with Crippen LogP contribution >= 0.6 is 0 Å². The lowest BCUT2D eigenvalue weighted by atomic mass is 9.13. The third-order valence-corrected chi connectivity index (χ3v) is 14.0. The standard InChI is InChI=1S/C44H58N8O3/c1-5-6-29-17-28(4)50-42(55)37(29)26-48-41(54)35-18-31(19-38(36(35)24-45)49-27(2)3)30-7-8-39(47-25-30)52-15-13-51(14-16-52)12-11-46-40(53)9-10-43-22-33-20-32-21-34(23-43)44(32,33)43/h7-8,17-19,24-25,27,32-34,45,49H,5-6,9-16,20-23,26H2,1-4H3,(H,46,53)(H,48,54)(H,50,55). The van der Waals surface area contributed by atoms with E-state index in [4.69, 9.17) is 10.4 Å². The van der Waals surface area contributed by atoms with E-state index in [1.54, 1.807) is 0 Å². The van der Waals surface area contributed by atoms with Crippen LogP contribution in [0.15, 0.2) is 41.3 Å². The van der Waals surface area contributed by atoms with E-state index >= 15 is 0 Å². The van der Waals surface area contributed by atoms with Crippen LogP contribution in [-0.2, 0) is 17.8 Å². The molecule has 5 N–H and O–H groups in total. The number of piperazine rings is 1. The summed E-state index contributed by atoms with van der Waals surface area (Å²) >= 11 is 0. The van der Waals surface area contributed by atoms with Gasteiger partial charge in [0.05, 0.1) is 5.56 Å². The van der Waals surface area contributed by atoms with Gasteiger partial charge in [0.2, 0.25) is 5.91 Å². The number of nitrogens with zero attached hydrogens (tertiary/aromatic N) is 3. The van der Waals surface area contributed by atoms with Gasteiger partial charge in [-0.1, -0.05) is 13.3 Å². The molecule has 0 radical (unpaired) electrons. The number of aromatic nitrogens is 2. The summed E-state index contributed by atoms with van der Waals surface area (Å²) in [6, 6.07) is 9.91. The molecule has 4 aliphatic carbocycles. The lowest BCUT2D eigenvalue weighted by molar-refractivity contribution is -0.433. The van der Waals surface area contributed by atoms with Crippen molar-refractivity contribution in [1.29, 1.82) is 5.41 Å². The van der Waals surface area contributed by atoms with Crippen LogP contribution in [0, 0.1) is 40.9 Å². The van der Waals surface area contributed by atoms with E-state index in [0.717, 1.165) is 97.9 Å². The van der Waals surface area contributed by atoms with Crippen molar-refractivity contribution in [3.8, 4) is 11.1 Å². The molecule has 55 heavy (non-hydrogen) atoms. The first-order chi connectivity index (χ1) is 26.5. The fourth-order valence-corrected chi connectivity index (χ4v) is 11.7. The van der Waals surface area contributed by atoms with Crippen LogP contribution in [0.5, 0.6) is 0 Å². The third-order valence-electron chi connectivity index (χ3n) is 14.0. The van der Waals surface area contributed by atoms with Crippen LogP contribution in [0.4, 0.5) is 11.5 Å². The van der Waals surface area contributed by atoms with Gasteiger partial charge in [0, 0.05) is 98.8 Å². The zero-order valence-electron chi connectivity index (χ0n) is 33.0. The highest BCUT2D eigenvalue weighted by molar-refractivity contribution is 6.06. The number of anilines is 2. The molecule has 1 aliphatic heterocycles. The van der Waals surface area contributed by atoms with Crippen molar-refractivity contribution in [2.24, 2.45) is 28.6 Å². The van der Waals surface area contributed by atoms with Crippen LogP contribution in [-0.4, -0.2) is 78.2 Å². The number of hydrogen-bond donors (Lipinski definition) is 5. The summed E-state index contributed by atoms with van der Waals surface area (Å²) in [5.74, 6) is 3.80. The zero-order chi connectivity index (χ0) is 38.5. The summed E-state index contributed by atoms with van der Waals surface area (Å²) in [6.45, 7) is 13.2. The number of rotatable bonds is 16. The van der Waals surface area contributed by atoms with Crippen molar-refractivity contribution in [3.05, 3.63) is 74.8 Å². The molecule has 11 nitrogen and oxygen atoms in total. The van der Waals surface area contributed by atoms with Gasteiger partial charge in [-0.05, 0) is 129 Å². The number of benzene rings is 1. The van der Waals surface area contributed by atoms with Crippen LogP contribution in [0.1, 0.15) is 98.5 Å². The lowest BCUT2D eigenvalue weighted by Gasteiger charge is -2.91. The Bertz CT molecular complexity index is 1990. The minimum atomic E-state index is -0.348. The van der Waals surface area contributed by atoms with Crippen molar-refractivity contribution < 1.29 is 9.59 Å². The molecular weight excluding hydrogens is 689 g/mol. The van der Waals surface area contributed by atoms with Crippen LogP contribution < -0.4 is 26.4 Å². The summed E-state index contributed by atoms with van der Waals surface area (Å²) in [5.41, 5.74) is 6.57. The zero-order valence-corrected chi connectivity index (χ0v) is 33.0. The van der Waals surface area contributed by atoms with E-state index in [0.29, 0.717) is 46.2 Å². The fraction of sp³-hybridized carbons (Fsp3) is 0.568. The third kappa shape index (κ3) is 6.55. The van der Waals surface area contributed by atoms with Gasteiger partial charge in [-0.2, -0.15) is 0 Å². The molecule has 1 saturated heterocycles. The molecule has 3 heterocycles. The smallest absolute Gasteiger partial charge is 0.253 e. The molecule has 1 spiro atoms. The maximum absolute atomic E-state index is 13.8. The number of aromatic amines is 1. The van der Waals surface area contributed by atoms with Gasteiger partial charge in [0.15, 0.2) is 0 Å². The molecule has 2 unspecified atom stereocenters. The highest BCUT2D eigenvalue weighted by atomic mass is 16.2. The Morgan fingerprint density at radius 2 is 1.80 bits per heavy atom. The molecule has 1 aromatic carbocycles. The second-order valence-corrected chi connectivity index (χ2v) is 17.4. The Morgan fingerprint density at radius 1 is 1.04 bits per heavy atom. The summed E-state index contributed by atoms with van der Waals surface area (Å²) in [6.07, 6.45) is 12.2. The van der Waals surface area contributed by atoms with Gasteiger partial charge in [-0.3, -0.25) is 19.3 Å². The van der Waals surface area contributed by atoms with Crippen molar-refractivity contribution >= 4 is 29.5 Å². The average molecular weight is 747 g/mol. The summed E-state index contributed by atoms with van der Waals surface area (Å²) in [5, 5.41) is 17.8. The molecule has 4 saturated carbocycles. The van der Waals surface area contributed by atoms with E-state index in [-0.39, 0.29) is 30.0 Å². The topological polar surface area (TPSA) is 146 Å². The van der Waals surface area contributed by atoms with Gasteiger partial charge in [0.1, 0.15) is 5.82 Å². The van der Waals surface area contributed by atoms with Crippen molar-refractivity contribution in [2.75, 3.05) is 49.5 Å². The number of carbonyl (C=O) groups is 2. The molecule has 2 aromatic heterocycles. The predicted molar refractivity (Wildman–Crippen MR) is 218 cm³/mol. The Labute approximate surface area is 325 Å². The number of amides is 2.